The van der Waals surface area contributed by atoms with E-state index in [1.54, 1.807) is 4.57 Å². The van der Waals surface area contributed by atoms with E-state index < -0.39 is 10.5 Å². The minimum atomic E-state index is -0.678. The molecule has 0 aliphatic carbocycles. The third-order valence-corrected chi connectivity index (χ3v) is 7.36. The number of carbonyl (C=O) groups excluding carboxylic acids is 1. The van der Waals surface area contributed by atoms with Gasteiger partial charge in [-0.15, -0.1) is 0 Å². The number of likely N-dealkylation sites (N-methyl/N-ethyl adjacent to an activating group) is 1. The number of carbonyl (C=O) groups is 1. The highest BCUT2D eigenvalue weighted by molar-refractivity contribution is 5.99. The summed E-state index contributed by atoms with van der Waals surface area (Å²) in [6, 6.07) is 30.4. The van der Waals surface area contributed by atoms with Crippen LogP contribution in [-0.2, 0) is 13.1 Å². The fourth-order valence-electron chi connectivity index (χ4n) is 5.23. The van der Waals surface area contributed by atoms with Gasteiger partial charge < -0.3 is 19.6 Å². The van der Waals surface area contributed by atoms with Gasteiger partial charge in [-0.2, -0.15) is 0 Å². The Labute approximate surface area is 243 Å². The molecule has 0 unspecified atom stereocenters. The molecule has 0 N–H and O–H groups in total. The molecular formula is C33H30N4O5. The lowest BCUT2D eigenvalue weighted by atomic mass is 9.98. The molecule has 0 saturated heterocycles. The van der Waals surface area contributed by atoms with Crippen molar-refractivity contribution in [2.75, 3.05) is 20.2 Å². The van der Waals surface area contributed by atoms with Crippen LogP contribution >= 0.6 is 0 Å². The van der Waals surface area contributed by atoms with E-state index >= 15 is 0 Å². The monoisotopic (exact) mass is 562 g/mol. The molecule has 0 radical (unpaired) electrons. The molecule has 9 heteroatoms. The Morgan fingerprint density at radius 1 is 1.02 bits per heavy atom. The lowest BCUT2D eigenvalue weighted by molar-refractivity contribution is -0.389. The average Bonchev–Trinajstić information content (AvgIpc) is 3.52. The Hall–Kier alpha value is -5.02. The summed E-state index contributed by atoms with van der Waals surface area (Å²) in [6.45, 7) is 3.45. The number of fused-ring (bicyclic) bond motifs is 2. The van der Waals surface area contributed by atoms with Crippen LogP contribution in [0.1, 0.15) is 22.8 Å². The first-order valence-electron chi connectivity index (χ1n) is 13.7. The maximum Gasteiger partial charge on any atom is 0.415 e. The lowest BCUT2D eigenvalue weighted by Crippen LogP contribution is -2.38. The van der Waals surface area contributed by atoms with Gasteiger partial charge in [0.05, 0.1) is 13.1 Å². The van der Waals surface area contributed by atoms with Gasteiger partial charge in [0.1, 0.15) is 18.6 Å². The number of Topliss-reactive ketones (excluding diaryl/α,β-unsaturated/α-hetero) is 1. The summed E-state index contributed by atoms with van der Waals surface area (Å²) < 4.78 is 13.4. The zero-order valence-electron chi connectivity index (χ0n) is 23.4. The highest BCUT2D eigenvalue weighted by Crippen LogP contribution is 2.31. The molecule has 9 nitrogen and oxygen atoms in total. The molecule has 2 heterocycles. The second-order valence-corrected chi connectivity index (χ2v) is 11.0. The van der Waals surface area contributed by atoms with E-state index in [1.807, 2.05) is 79.5 Å². The van der Waals surface area contributed by atoms with E-state index in [4.69, 9.17) is 9.47 Å². The number of rotatable bonds is 10. The SMILES string of the molecule is CN(CC(=O)c1cccc(-c2ccc3ccccc3c2)c1)Cc1ccc(OC[C@@]2(C)Cn3cc([N+](=O)[O-])nc3O2)cc1. The van der Waals surface area contributed by atoms with Crippen LogP contribution in [0, 0.1) is 10.1 Å². The highest BCUT2D eigenvalue weighted by atomic mass is 16.6. The van der Waals surface area contributed by atoms with E-state index in [1.165, 1.54) is 17.0 Å². The maximum atomic E-state index is 13.1. The maximum absolute atomic E-state index is 13.1. The number of nitrogens with zero attached hydrogens (tertiary/aromatic N) is 4. The van der Waals surface area contributed by atoms with Crippen LogP contribution in [-0.4, -0.2) is 51.0 Å². The molecule has 5 aromatic rings. The zero-order valence-corrected chi connectivity index (χ0v) is 23.4. The Bertz CT molecular complexity index is 1760. The fourth-order valence-corrected chi connectivity index (χ4v) is 5.23. The molecule has 0 fully saturated rings. The van der Waals surface area contributed by atoms with Gasteiger partial charge in [-0.25, -0.2) is 0 Å². The number of hydrogen-bond acceptors (Lipinski definition) is 7. The first kappa shape index (κ1) is 27.2. The van der Waals surface area contributed by atoms with Gasteiger partial charge in [0, 0.05) is 17.1 Å². The van der Waals surface area contributed by atoms with Crippen LogP contribution in [0.3, 0.4) is 0 Å². The normalized spacial score (nSPS) is 15.9. The lowest BCUT2D eigenvalue weighted by Gasteiger charge is -2.22. The molecule has 0 saturated carbocycles. The van der Waals surface area contributed by atoms with Crippen molar-refractivity contribution in [1.82, 2.24) is 14.5 Å². The summed E-state index contributed by atoms with van der Waals surface area (Å²) in [7, 11) is 1.93. The fraction of sp³-hybridized carbons (Fsp3) is 0.212. The number of hydrogen-bond donors (Lipinski definition) is 0. The van der Waals surface area contributed by atoms with Crippen LogP contribution in [0.4, 0.5) is 5.82 Å². The van der Waals surface area contributed by atoms with Crippen LogP contribution in [0.2, 0.25) is 0 Å². The molecule has 0 spiro atoms. The molecule has 1 aromatic heterocycles. The van der Waals surface area contributed by atoms with Crippen molar-refractivity contribution in [3.05, 3.63) is 118 Å². The molecule has 6 rings (SSSR count). The van der Waals surface area contributed by atoms with E-state index in [9.17, 15) is 14.9 Å². The van der Waals surface area contributed by atoms with Crippen molar-refractivity contribution in [1.29, 1.82) is 0 Å². The van der Waals surface area contributed by atoms with Crippen molar-refractivity contribution in [3.63, 3.8) is 0 Å². The first-order chi connectivity index (χ1) is 20.2. The minimum absolute atomic E-state index is 0.0650. The van der Waals surface area contributed by atoms with Gasteiger partial charge in [0.25, 0.3) is 0 Å². The van der Waals surface area contributed by atoms with Gasteiger partial charge in [-0.05, 0) is 70.6 Å². The predicted octanol–water partition coefficient (Wildman–Crippen LogP) is 6.16. The Balaban J connectivity index is 1.02. The van der Waals surface area contributed by atoms with Gasteiger partial charge in [0.15, 0.2) is 11.4 Å². The minimum Gasteiger partial charge on any atom is -0.489 e. The Morgan fingerprint density at radius 3 is 2.55 bits per heavy atom. The number of ether oxygens (including phenoxy) is 2. The molecule has 4 aromatic carbocycles. The van der Waals surface area contributed by atoms with Gasteiger partial charge >= 0.3 is 11.8 Å². The third-order valence-electron chi connectivity index (χ3n) is 7.36. The second kappa shape index (κ2) is 11.1. The predicted molar refractivity (Wildman–Crippen MR) is 160 cm³/mol. The topological polar surface area (TPSA) is 99.7 Å². The van der Waals surface area contributed by atoms with E-state index in [0.717, 1.165) is 16.7 Å². The molecule has 42 heavy (non-hydrogen) atoms. The molecule has 1 aliphatic heterocycles. The largest absolute Gasteiger partial charge is 0.489 e. The first-order valence-corrected chi connectivity index (χ1v) is 13.7. The second-order valence-electron chi connectivity index (χ2n) is 11.0. The van der Waals surface area contributed by atoms with Crippen molar-refractivity contribution in [2.24, 2.45) is 0 Å². The quantitative estimate of drug-likeness (QED) is 0.114. The van der Waals surface area contributed by atoms with Gasteiger partial charge in [0.2, 0.25) is 0 Å². The summed E-state index contributed by atoms with van der Waals surface area (Å²) >= 11 is 0. The molecule has 0 bridgehead atoms. The summed E-state index contributed by atoms with van der Waals surface area (Å²) in [5, 5.41) is 13.3. The summed E-state index contributed by atoms with van der Waals surface area (Å²) in [4.78, 5) is 29.4. The Morgan fingerprint density at radius 2 is 1.79 bits per heavy atom. The van der Waals surface area contributed by atoms with Gasteiger partial charge in [-0.3, -0.25) is 14.3 Å². The van der Waals surface area contributed by atoms with Crippen molar-refractivity contribution in [3.8, 4) is 22.9 Å². The molecule has 0 amide bonds. The summed E-state index contributed by atoms with van der Waals surface area (Å²) in [5.74, 6) is 0.517. The van der Waals surface area contributed by atoms with Crippen LogP contribution in [0.5, 0.6) is 11.8 Å². The van der Waals surface area contributed by atoms with E-state index in [0.29, 0.717) is 30.9 Å². The van der Waals surface area contributed by atoms with Crippen LogP contribution in [0.25, 0.3) is 21.9 Å². The molecule has 212 valence electrons. The van der Waals surface area contributed by atoms with Crippen molar-refractivity contribution < 1.29 is 19.2 Å². The number of benzene rings is 4. The Kier molecular flexibility index (Phi) is 7.18. The number of aromatic nitrogens is 2. The smallest absolute Gasteiger partial charge is 0.415 e. The average molecular weight is 563 g/mol. The number of nitro groups is 1. The van der Waals surface area contributed by atoms with E-state index in [2.05, 4.69) is 35.3 Å². The van der Waals surface area contributed by atoms with Crippen LogP contribution in [0.15, 0.2) is 97.2 Å². The molecular weight excluding hydrogens is 532 g/mol. The number of imidazole rings is 1. The summed E-state index contributed by atoms with van der Waals surface area (Å²) in [5.41, 5.74) is 3.17. The van der Waals surface area contributed by atoms with Crippen molar-refractivity contribution >= 4 is 22.4 Å². The number of ketones is 1. The van der Waals surface area contributed by atoms with Crippen LogP contribution < -0.4 is 9.47 Å². The van der Waals surface area contributed by atoms with E-state index in [-0.39, 0.29) is 24.2 Å². The third kappa shape index (κ3) is 5.87. The standard InChI is InChI=1S/C33H30N4O5/c1-33(21-36-20-31(37(39)40)34-32(36)42-33)22-41-29-14-10-23(11-15-29)18-35(2)19-30(38)28-9-5-8-26(17-28)27-13-12-24-6-3-4-7-25(24)16-27/h3-17,20H,18-19,21-22H2,1-2H3/t33-/m1/s1. The van der Waals surface area contributed by atoms with Crippen molar-refractivity contribution in [2.45, 2.75) is 25.6 Å². The highest BCUT2D eigenvalue weighted by Gasteiger charge is 2.41. The van der Waals surface area contributed by atoms with Gasteiger partial charge in [-0.1, -0.05) is 66.7 Å². The molecule has 1 atom stereocenters. The summed E-state index contributed by atoms with van der Waals surface area (Å²) in [6.07, 6.45) is 1.37. The molecule has 1 aliphatic rings. The zero-order chi connectivity index (χ0) is 29.3.